The summed E-state index contributed by atoms with van der Waals surface area (Å²) in [6.07, 6.45) is 4.13. The molecule has 2 heteroatoms. The highest BCUT2D eigenvalue weighted by atomic mass is 15.1. The van der Waals surface area contributed by atoms with Crippen molar-refractivity contribution < 1.29 is 0 Å². The van der Waals surface area contributed by atoms with Crippen molar-refractivity contribution >= 4 is 0 Å². The zero-order chi connectivity index (χ0) is 6.10. The van der Waals surface area contributed by atoms with Crippen molar-refractivity contribution in [1.82, 2.24) is 10.6 Å². The molecule has 2 saturated heterocycles. The number of hydrogen-bond acceptors (Lipinski definition) is 2. The molecule has 2 atom stereocenters. The Balaban J connectivity index is 1.99. The maximum absolute atomic E-state index is 3.59. The minimum Gasteiger partial charge on any atom is -0.315 e. The van der Waals surface area contributed by atoms with Gasteiger partial charge in [-0.15, -0.1) is 0 Å². The molecular weight excluding hydrogens is 112 g/mol. The van der Waals surface area contributed by atoms with E-state index >= 15 is 0 Å². The largest absolute Gasteiger partial charge is 0.315 e. The first-order valence-corrected chi connectivity index (χ1v) is 3.92. The van der Waals surface area contributed by atoms with E-state index in [0.29, 0.717) is 0 Å². The molecule has 2 heterocycles. The van der Waals surface area contributed by atoms with Crippen LogP contribution in [-0.2, 0) is 0 Å². The van der Waals surface area contributed by atoms with E-state index in [-0.39, 0.29) is 0 Å². The summed E-state index contributed by atoms with van der Waals surface area (Å²) in [6.45, 7) is 2.41. The first kappa shape index (κ1) is 5.69. The molecule has 2 fully saturated rings. The van der Waals surface area contributed by atoms with Crippen LogP contribution in [0.5, 0.6) is 0 Å². The summed E-state index contributed by atoms with van der Waals surface area (Å²) in [5.74, 6) is 0. The minimum absolute atomic E-state index is 0.789. The van der Waals surface area contributed by atoms with Gasteiger partial charge in [-0.1, -0.05) is 0 Å². The van der Waals surface area contributed by atoms with E-state index in [1.165, 1.54) is 32.4 Å². The van der Waals surface area contributed by atoms with E-state index in [0.717, 1.165) is 12.1 Å². The van der Waals surface area contributed by atoms with Crippen LogP contribution in [0, 0.1) is 0 Å². The van der Waals surface area contributed by atoms with Crippen LogP contribution in [0.4, 0.5) is 0 Å². The van der Waals surface area contributed by atoms with Gasteiger partial charge in [-0.3, -0.25) is 0 Å². The molecule has 52 valence electrons. The van der Waals surface area contributed by atoms with E-state index < -0.39 is 0 Å². The van der Waals surface area contributed by atoms with Crippen molar-refractivity contribution in [3.63, 3.8) is 0 Å². The monoisotopic (exact) mass is 126 g/mol. The Morgan fingerprint density at radius 2 is 1.89 bits per heavy atom. The Labute approximate surface area is 56.0 Å². The summed E-state index contributed by atoms with van der Waals surface area (Å²) in [5, 5.41) is 7.01. The summed E-state index contributed by atoms with van der Waals surface area (Å²) in [5.41, 5.74) is 0. The fraction of sp³-hybridized carbons (Fsp3) is 1.00. The van der Waals surface area contributed by atoms with Crippen molar-refractivity contribution in [2.75, 3.05) is 13.1 Å². The van der Waals surface area contributed by atoms with E-state index in [4.69, 9.17) is 0 Å². The molecule has 0 aliphatic carbocycles. The summed E-state index contributed by atoms with van der Waals surface area (Å²) in [6, 6.07) is 1.63. The summed E-state index contributed by atoms with van der Waals surface area (Å²) < 4.78 is 0. The van der Waals surface area contributed by atoms with Gasteiger partial charge in [0.25, 0.3) is 0 Å². The number of hydrogen-bond donors (Lipinski definition) is 2. The Morgan fingerprint density at radius 3 is 2.89 bits per heavy atom. The van der Waals surface area contributed by atoms with E-state index in [1.807, 2.05) is 0 Å². The molecule has 2 aliphatic heterocycles. The Hall–Kier alpha value is -0.0800. The van der Waals surface area contributed by atoms with Crippen molar-refractivity contribution in [3.8, 4) is 0 Å². The van der Waals surface area contributed by atoms with Crippen molar-refractivity contribution in [2.24, 2.45) is 0 Å². The van der Waals surface area contributed by atoms with Gasteiger partial charge < -0.3 is 10.6 Å². The molecule has 2 N–H and O–H groups in total. The lowest BCUT2D eigenvalue weighted by Gasteiger charge is -2.06. The fourth-order valence-electron chi connectivity index (χ4n) is 1.84. The first-order chi connectivity index (χ1) is 4.45. The fourth-order valence-corrected chi connectivity index (χ4v) is 1.84. The molecule has 2 rings (SSSR count). The van der Waals surface area contributed by atoms with Crippen LogP contribution in [0.3, 0.4) is 0 Å². The topological polar surface area (TPSA) is 24.1 Å². The van der Waals surface area contributed by atoms with Crippen LogP contribution in [-0.4, -0.2) is 25.2 Å². The molecule has 2 bridgehead atoms. The van der Waals surface area contributed by atoms with Gasteiger partial charge in [0.05, 0.1) is 0 Å². The van der Waals surface area contributed by atoms with Gasteiger partial charge in [-0.2, -0.15) is 0 Å². The molecule has 0 aromatic heterocycles. The highest BCUT2D eigenvalue weighted by molar-refractivity contribution is 4.87. The van der Waals surface area contributed by atoms with Crippen LogP contribution in [0.1, 0.15) is 19.3 Å². The molecule has 0 amide bonds. The molecule has 9 heavy (non-hydrogen) atoms. The molecular formula is C7H14N2. The second-order valence-electron chi connectivity index (χ2n) is 3.13. The molecule has 2 unspecified atom stereocenters. The van der Waals surface area contributed by atoms with Crippen LogP contribution in [0.15, 0.2) is 0 Å². The molecule has 2 aliphatic rings. The van der Waals surface area contributed by atoms with Gasteiger partial charge in [0.15, 0.2) is 0 Å². The number of nitrogens with one attached hydrogen (secondary N) is 2. The standard InChI is InChI=1S/C7H14N2/c1-2-7-5-8-4-3-6(1)9-7/h6-9H,1-5H2. The lowest BCUT2D eigenvalue weighted by atomic mass is 10.1. The number of rotatable bonds is 0. The Morgan fingerprint density at radius 1 is 1.00 bits per heavy atom. The third kappa shape index (κ3) is 1.10. The highest BCUT2D eigenvalue weighted by Crippen LogP contribution is 2.15. The normalized spacial score (nSPS) is 42.7. The third-order valence-corrected chi connectivity index (χ3v) is 2.40. The third-order valence-electron chi connectivity index (χ3n) is 2.40. The highest BCUT2D eigenvalue weighted by Gasteiger charge is 2.24. The predicted molar refractivity (Wildman–Crippen MR) is 37.4 cm³/mol. The number of fused-ring (bicyclic) bond motifs is 2. The smallest absolute Gasteiger partial charge is 0.0195 e. The predicted octanol–water partition coefficient (Wildman–Crippen LogP) is 0.100. The minimum atomic E-state index is 0.789. The summed E-state index contributed by atoms with van der Waals surface area (Å²) >= 11 is 0. The van der Waals surface area contributed by atoms with Crippen molar-refractivity contribution in [2.45, 2.75) is 31.3 Å². The quantitative estimate of drug-likeness (QED) is 0.481. The van der Waals surface area contributed by atoms with Crippen molar-refractivity contribution in [3.05, 3.63) is 0 Å². The van der Waals surface area contributed by atoms with Crippen LogP contribution in [0.2, 0.25) is 0 Å². The lowest BCUT2D eigenvalue weighted by Crippen LogP contribution is -2.32. The molecule has 0 radical (unpaired) electrons. The molecule has 0 saturated carbocycles. The molecule has 0 aromatic rings. The van der Waals surface area contributed by atoms with E-state index in [1.54, 1.807) is 0 Å². The maximum Gasteiger partial charge on any atom is 0.0195 e. The summed E-state index contributed by atoms with van der Waals surface area (Å²) in [7, 11) is 0. The van der Waals surface area contributed by atoms with Gasteiger partial charge in [0.1, 0.15) is 0 Å². The Kier molecular flexibility index (Phi) is 1.44. The average molecular weight is 126 g/mol. The van der Waals surface area contributed by atoms with Crippen LogP contribution in [0.25, 0.3) is 0 Å². The first-order valence-electron chi connectivity index (χ1n) is 3.92. The van der Waals surface area contributed by atoms with Gasteiger partial charge in [-0.25, -0.2) is 0 Å². The second kappa shape index (κ2) is 2.27. The molecule has 0 aromatic carbocycles. The van der Waals surface area contributed by atoms with Crippen LogP contribution >= 0.6 is 0 Å². The molecule has 0 spiro atoms. The molecule has 2 nitrogen and oxygen atoms in total. The van der Waals surface area contributed by atoms with Crippen LogP contribution < -0.4 is 10.6 Å². The van der Waals surface area contributed by atoms with Crippen molar-refractivity contribution in [1.29, 1.82) is 0 Å². The van der Waals surface area contributed by atoms with Gasteiger partial charge in [-0.05, 0) is 25.8 Å². The second-order valence-corrected chi connectivity index (χ2v) is 3.13. The average Bonchev–Trinajstić information content (AvgIpc) is 2.09. The SMILES string of the molecule is C1CC2CCC(CN1)N2. The zero-order valence-corrected chi connectivity index (χ0v) is 5.69. The van der Waals surface area contributed by atoms with Gasteiger partial charge >= 0.3 is 0 Å². The summed E-state index contributed by atoms with van der Waals surface area (Å²) in [4.78, 5) is 0. The van der Waals surface area contributed by atoms with E-state index in [9.17, 15) is 0 Å². The van der Waals surface area contributed by atoms with Gasteiger partial charge in [0, 0.05) is 18.6 Å². The Bertz CT molecular complexity index is 91.1. The maximum atomic E-state index is 3.59. The van der Waals surface area contributed by atoms with E-state index in [2.05, 4.69) is 10.6 Å². The van der Waals surface area contributed by atoms with Gasteiger partial charge in [0.2, 0.25) is 0 Å². The lowest BCUT2D eigenvalue weighted by molar-refractivity contribution is 0.563. The zero-order valence-electron chi connectivity index (χ0n) is 5.69.